The van der Waals surface area contributed by atoms with E-state index in [-0.39, 0.29) is 24.0 Å². The summed E-state index contributed by atoms with van der Waals surface area (Å²) in [5.41, 5.74) is 0.771. The highest BCUT2D eigenvalue weighted by atomic mass is 16.8. The summed E-state index contributed by atoms with van der Waals surface area (Å²) in [4.78, 5) is 0. The molecule has 0 bridgehead atoms. The first-order chi connectivity index (χ1) is 24.2. The van der Waals surface area contributed by atoms with Crippen LogP contribution in [-0.2, 0) is 28.4 Å². The molecular weight excluding hydrogens is 664 g/mol. The van der Waals surface area contributed by atoms with Crippen LogP contribution in [0.4, 0.5) is 0 Å². The number of fused-ring (bicyclic) bond motifs is 7. The highest BCUT2D eigenvalue weighted by Crippen LogP contribution is 2.71. The predicted molar refractivity (Wildman–Crippen MR) is 178 cm³/mol. The fourth-order valence-electron chi connectivity index (χ4n) is 12.4. The molecule has 0 unspecified atom stereocenters. The van der Waals surface area contributed by atoms with Gasteiger partial charge < -0.3 is 64.2 Å². The molecule has 0 radical (unpaired) electrons. The molecular formula is C38H60O13. The fraction of sp³-hybridized carbons (Fsp3) is 0.947. The van der Waals surface area contributed by atoms with E-state index in [1.54, 1.807) is 0 Å². The smallest absolute Gasteiger partial charge is 0.187 e. The van der Waals surface area contributed by atoms with Crippen LogP contribution in [0.15, 0.2) is 11.6 Å². The largest absolute Gasteiger partial charge is 0.394 e. The molecule has 4 aliphatic carbocycles. The Morgan fingerprint density at radius 1 is 0.863 bits per heavy atom. The summed E-state index contributed by atoms with van der Waals surface area (Å²) in [5.74, 6) is 1.87. The van der Waals surface area contributed by atoms with E-state index in [1.165, 1.54) is 0 Å². The molecule has 0 aromatic heterocycles. The molecule has 0 amide bonds. The van der Waals surface area contributed by atoms with Crippen LogP contribution in [-0.4, -0.2) is 135 Å². The summed E-state index contributed by atoms with van der Waals surface area (Å²) >= 11 is 0. The average molecular weight is 725 g/mol. The van der Waals surface area contributed by atoms with E-state index in [9.17, 15) is 35.7 Å². The molecule has 4 heterocycles. The van der Waals surface area contributed by atoms with Crippen molar-refractivity contribution < 1.29 is 64.2 Å². The molecule has 51 heavy (non-hydrogen) atoms. The Hall–Kier alpha value is -0.780. The predicted octanol–water partition coefficient (Wildman–Crippen LogP) is 0.972. The van der Waals surface area contributed by atoms with Crippen LogP contribution in [0.3, 0.4) is 0 Å². The maximum Gasteiger partial charge on any atom is 0.187 e. The van der Waals surface area contributed by atoms with Gasteiger partial charge in [-0.15, -0.1) is 0 Å². The monoisotopic (exact) mass is 724 g/mol. The van der Waals surface area contributed by atoms with Gasteiger partial charge in [0.15, 0.2) is 18.4 Å². The van der Waals surface area contributed by atoms with E-state index in [2.05, 4.69) is 33.8 Å². The third kappa shape index (κ3) is 5.74. The Kier molecular flexibility index (Phi) is 9.80. The van der Waals surface area contributed by atoms with E-state index < -0.39 is 85.3 Å². The molecule has 7 N–H and O–H groups in total. The van der Waals surface area contributed by atoms with Gasteiger partial charge in [0.1, 0.15) is 42.7 Å². The van der Waals surface area contributed by atoms with Gasteiger partial charge in [-0.05, 0) is 73.5 Å². The number of allylic oxidation sites excluding steroid dienone is 1. The van der Waals surface area contributed by atoms with Crippen LogP contribution in [0.25, 0.3) is 0 Å². The zero-order valence-corrected chi connectivity index (χ0v) is 30.3. The third-order valence-corrected chi connectivity index (χ3v) is 15.3. The first-order valence-electron chi connectivity index (χ1n) is 19.5. The van der Waals surface area contributed by atoms with Crippen molar-refractivity contribution in [3.05, 3.63) is 11.6 Å². The number of aliphatic hydroxyl groups is 7. The highest BCUT2D eigenvalue weighted by Gasteiger charge is 2.69. The molecule has 8 aliphatic rings. The molecule has 13 heteroatoms. The second-order valence-electron chi connectivity index (χ2n) is 17.9. The normalized spacial score (nSPS) is 58.4. The lowest BCUT2D eigenvalue weighted by atomic mass is 9.46. The van der Waals surface area contributed by atoms with E-state index in [0.717, 1.165) is 50.7 Å². The van der Waals surface area contributed by atoms with Crippen LogP contribution in [0.2, 0.25) is 0 Å². The lowest BCUT2D eigenvalue weighted by Gasteiger charge is -2.60. The number of hydrogen-bond donors (Lipinski definition) is 7. The van der Waals surface area contributed by atoms with Crippen molar-refractivity contribution in [2.75, 3.05) is 19.8 Å². The standard InChI is InChI=1S/C38H60O13/c1-17-7-10-38(47-15-17)18(2)28-25(51-38)13-23-21-6-5-19-11-20(40)12-27(37(19,4)22(21)8-9-36(23,28)3)49-35-33(31(44)30(43)26(14-39)48-35)50-34-32(45)29(42)24(41)16-46-34/h5,17-18,20-35,39-45H,6-16H2,1-4H3/t17-,18+,20-,21-,22+,23+,24+,25+,26-,27-,28+,29+,30-,31+,32+,33-,34+,35+,36+,37+,38-/m1/s1. The van der Waals surface area contributed by atoms with Gasteiger partial charge in [-0.25, -0.2) is 0 Å². The Bertz CT molecular complexity index is 1310. The second kappa shape index (κ2) is 13.5. The first kappa shape index (κ1) is 37.2. The van der Waals surface area contributed by atoms with Crippen molar-refractivity contribution in [3.63, 3.8) is 0 Å². The number of rotatable bonds is 5. The lowest BCUT2D eigenvalue weighted by Crippen LogP contribution is -2.65. The van der Waals surface area contributed by atoms with E-state index >= 15 is 0 Å². The minimum absolute atomic E-state index is 0.104. The average Bonchev–Trinajstić information content (AvgIpc) is 3.55. The summed E-state index contributed by atoms with van der Waals surface area (Å²) in [6.07, 6.45) is -4.89. The lowest BCUT2D eigenvalue weighted by molar-refractivity contribution is -0.368. The van der Waals surface area contributed by atoms with Crippen LogP contribution in [0, 0.1) is 46.3 Å². The Balaban J connectivity index is 1.06. The van der Waals surface area contributed by atoms with Crippen LogP contribution < -0.4 is 0 Å². The Morgan fingerprint density at radius 3 is 2.37 bits per heavy atom. The third-order valence-electron chi connectivity index (χ3n) is 15.3. The molecule has 13 nitrogen and oxygen atoms in total. The zero-order chi connectivity index (χ0) is 36.2. The zero-order valence-electron chi connectivity index (χ0n) is 30.3. The summed E-state index contributed by atoms with van der Waals surface area (Å²) in [5, 5.41) is 74.2. The maximum absolute atomic E-state index is 11.3. The minimum Gasteiger partial charge on any atom is -0.394 e. The molecule has 290 valence electrons. The van der Waals surface area contributed by atoms with Crippen LogP contribution >= 0.6 is 0 Å². The highest BCUT2D eigenvalue weighted by molar-refractivity contribution is 5.29. The minimum atomic E-state index is -1.64. The first-order valence-corrected chi connectivity index (χ1v) is 19.5. The molecule has 0 aromatic carbocycles. The molecule has 4 aliphatic heterocycles. The van der Waals surface area contributed by atoms with Gasteiger partial charge in [0.05, 0.1) is 38.1 Å². The van der Waals surface area contributed by atoms with Gasteiger partial charge in [0, 0.05) is 24.2 Å². The maximum atomic E-state index is 11.3. The van der Waals surface area contributed by atoms with Crippen molar-refractivity contribution in [1.29, 1.82) is 0 Å². The van der Waals surface area contributed by atoms with Gasteiger partial charge in [0.2, 0.25) is 0 Å². The van der Waals surface area contributed by atoms with Crippen molar-refractivity contribution in [2.24, 2.45) is 46.3 Å². The molecule has 1 spiro atoms. The van der Waals surface area contributed by atoms with Gasteiger partial charge in [0.25, 0.3) is 0 Å². The molecule has 3 saturated carbocycles. The number of aliphatic hydroxyl groups excluding tert-OH is 7. The van der Waals surface area contributed by atoms with Crippen molar-refractivity contribution in [3.8, 4) is 0 Å². The number of hydrogen-bond acceptors (Lipinski definition) is 13. The van der Waals surface area contributed by atoms with E-state index in [0.29, 0.717) is 42.4 Å². The summed E-state index contributed by atoms with van der Waals surface area (Å²) < 4.78 is 37.8. The van der Waals surface area contributed by atoms with E-state index in [4.69, 9.17) is 28.4 Å². The van der Waals surface area contributed by atoms with Gasteiger partial charge in [-0.3, -0.25) is 0 Å². The molecule has 7 fully saturated rings. The van der Waals surface area contributed by atoms with E-state index in [1.807, 2.05) is 0 Å². The van der Waals surface area contributed by atoms with Crippen molar-refractivity contribution in [2.45, 2.75) is 158 Å². The summed E-state index contributed by atoms with van der Waals surface area (Å²) in [6.45, 7) is 9.15. The molecule has 21 atom stereocenters. The van der Waals surface area contributed by atoms with Gasteiger partial charge in [-0.1, -0.05) is 39.3 Å². The molecule has 4 saturated heterocycles. The fourth-order valence-corrected chi connectivity index (χ4v) is 12.4. The van der Waals surface area contributed by atoms with Crippen molar-refractivity contribution >= 4 is 0 Å². The quantitative estimate of drug-likeness (QED) is 0.198. The van der Waals surface area contributed by atoms with Gasteiger partial charge in [-0.2, -0.15) is 0 Å². The van der Waals surface area contributed by atoms with Gasteiger partial charge >= 0.3 is 0 Å². The summed E-state index contributed by atoms with van der Waals surface area (Å²) in [7, 11) is 0. The molecule has 0 aromatic rings. The SMILES string of the molecule is C[C@@H]1CC[C@@]2(OC1)O[C@H]1C[C@H]3[C@@H]4CC=C5C[C@@H](O)C[C@@H](O[C@@H]6O[C@H](CO)[C@@H](O)[C@H](O)[C@H]6O[C@@H]6OC[C@H](O)[C@H](O)[C@@H]6O)[C@]5(C)[C@H]4CC[C@]3(C)[C@H]1[C@@H]2C. The second-order valence-corrected chi connectivity index (χ2v) is 17.9. The Labute approximate surface area is 300 Å². The summed E-state index contributed by atoms with van der Waals surface area (Å²) in [6, 6.07) is 0. The van der Waals surface area contributed by atoms with Crippen LogP contribution in [0.5, 0.6) is 0 Å². The number of ether oxygens (including phenoxy) is 6. The molecule has 8 rings (SSSR count). The van der Waals surface area contributed by atoms with Crippen molar-refractivity contribution in [1.82, 2.24) is 0 Å². The topological polar surface area (TPSA) is 197 Å². The Morgan fingerprint density at radius 2 is 1.65 bits per heavy atom. The van der Waals surface area contributed by atoms with Crippen LogP contribution in [0.1, 0.15) is 79.1 Å².